The minimum atomic E-state index is -0.0725. The van der Waals surface area contributed by atoms with Gasteiger partial charge in [0.1, 0.15) is 0 Å². The lowest BCUT2D eigenvalue weighted by atomic mass is 10.2. The van der Waals surface area contributed by atoms with E-state index >= 15 is 0 Å². The van der Waals surface area contributed by atoms with Crippen LogP contribution >= 0.6 is 23.1 Å². The molecule has 1 aromatic rings. The number of thiophene rings is 1. The molecule has 0 aliphatic carbocycles. The van der Waals surface area contributed by atoms with Gasteiger partial charge in [-0.2, -0.15) is 11.8 Å². The van der Waals surface area contributed by atoms with E-state index in [0.717, 1.165) is 11.3 Å². The summed E-state index contributed by atoms with van der Waals surface area (Å²) in [7, 11) is 0. The Kier molecular flexibility index (Phi) is 6.62. The van der Waals surface area contributed by atoms with Crippen molar-refractivity contribution in [1.29, 1.82) is 0 Å². The zero-order chi connectivity index (χ0) is 12.7. The van der Waals surface area contributed by atoms with Crippen LogP contribution in [0.5, 0.6) is 0 Å². The molecule has 0 spiro atoms. The number of carbonyl (C=O) groups is 1. The first-order valence-corrected chi connectivity index (χ1v) is 7.91. The van der Waals surface area contributed by atoms with Crippen LogP contribution in [0.3, 0.4) is 0 Å². The van der Waals surface area contributed by atoms with Crippen LogP contribution < -0.4 is 0 Å². The highest BCUT2D eigenvalue weighted by Crippen LogP contribution is 2.16. The summed E-state index contributed by atoms with van der Waals surface area (Å²) in [6.45, 7) is 2.63. The van der Waals surface area contributed by atoms with E-state index in [4.69, 9.17) is 0 Å². The number of rotatable bonds is 7. The van der Waals surface area contributed by atoms with Gasteiger partial charge in [-0.05, 0) is 24.1 Å². The summed E-state index contributed by atoms with van der Waals surface area (Å²) in [4.78, 5) is 15.0. The topological polar surface area (TPSA) is 40.5 Å². The summed E-state index contributed by atoms with van der Waals surface area (Å²) < 4.78 is 0. The van der Waals surface area contributed by atoms with Crippen molar-refractivity contribution in [1.82, 2.24) is 4.90 Å². The van der Waals surface area contributed by atoms with Crippen LogP contribution in [0.2, 0.25) is 0 Å². The van der Waals surface area contributed by atoms with Crippen molar-refractivity contribution in [2.45, 2.75) is 25.9 Å². The Bertz CT molecular complexity index is 323. The molecule has 0 radical (unpaired) electrons. The molecular formula is C12H19NO2S2. The summed E-state index contributed by atoms with van der Waals surface area (Å²) in [5.41, 5.74) is 0. The Balaban J connectivity index is 2.74. The molecule has 1 aromatic heterocycles. The predicted molar refractivity (Wildman–Crippen MR) is 74.4 cm³/mol. The molecule has 1 heterocycles. The molecule has 0 bridgehead atoms. The van der Waals surface area contributed by atoms with Crippen LogP contribution in [0.15, 0.2) is 17.5 Å². The molecule has 0 aliphatic rings. The smallest absolute Gasteiger partial charge is 0.233 e. The van der Waals surface area contributed by atoms with E-state index in [1.807, 2.05) is 30.7 Å². The van der Waals surface area contributed by atoms with Gasteiger partial charge in [-0.1, -0.05) is 13.0 Å². The van der Waals surface area contributed by atoms with Crippen molar-refractivity contribution < 1.29 is 9.90 Å². The number of thioether (sulfide) groups is 1. The van der Waals surface area contributed by atoms with Gasteiger partial charge in [0.15, 0.2) is 0 Å². The average molecular weight is 273 g/mol. The fourth-order valence-corrected chi connectivity index (χ4v) is 2.76. The van der Waals surface area contributed by atoms with Crippen LogP contribution in [0.4, 0.5) is 0 Å². The molecule has 0 unspecified atom stereocenters. The fraction of sp³-hybridized carbons (Fsp3) is 0.583. The van der Waals surface area contributed by atoms with E-state index < -0.39 is 0 Å². The van der Waals surface area contributed by atoms with E-state index in [-0.39, 0.29) is 18.6 Å². The second-order valence-corrected chi connectivity index (χ2v) is 5.68. The SMILES string of the molecule is CC[C@H](CO)N(Cc1cccs1)C(=O)CSC. The van der Waals surface area contributed by atoms with Gasteiger partial charge < -0.3 is 10.0 Å². The largest absolute Gasteiger partial charge is 0.394 e. The minimum absolute atomic E-state index is 0.0298. The van der Waals surface area contributed by atoms with Gasteiger partial charge in [-0.3, -0.25) is 4.79 Å². The molecule has 1 atom stereocenters. The lowest BCUT2D eigenvalue weighted by molar-refractivity contribution is -0.132. The highest BCUT2D eigenvalue weighted by molar-refractivity contribution is 7.99. The molecule has 0 aliphatic heterocycles. The van der Waals surface area contributed by atoms with Gasteiger partial charge >= 0.3 is 0 Å². The number of amides is 1. The van der Waals surface area contributed by atoms with Crippen molar-refractivity contribution in [3.05, 3.63) is 22.4 Å². The molecular weight excluding hydrogens is 254 g/mol. The number of hydrogen-bond acceptors (Lipinski definition) is 4. The summed E-state index contributed by atoms with van der Waals surface area (Å²) >= 11 is 3.16. The molecule has 0 saturated carbocycles. The van der Waals surface area contributed by atoms with Crippen LogP contribution in [0, 0.1) is 0 Å². The van der Waals surface area contributed by atoms with Crippen LogP contribution in [-0.4, -0.2) is 40.6 Å². The maximum Gasteiger partial charge on any atom is 0.233 e. The summed E-state index contributed by atoms with van der Waals surface area (Å²) in [6, 6.07) is 3.93. The van der Waals surface area contributed by atoms with E-state index in [1.165, 1.54) is 11.8 Å². The minimum Gasteiger partial charge on any atom is -0.394 e. The third-order valence-electron chi connectivity index (χ3n) is 2.62. The third-order valence-corrected chi connectivity index (χ3v) is 4.01. The summed E-state index contributed by atoms with van der Waals surface area (Å²) in [5, 5.41) is 11.4. The molecule has 3 nitrogen and oxygen atoms in total. The molecule has 0 saturated heterocycles. The maximum atomic E-state index is 12.0. The zero-order valence-corrected chi connectivity index (χ0v) is 11.9. The van der Waals surface area contributed by atoms with Crippen molar-refractivity contribution >= 4 is 29.0 Å². The lowest BCUT2D eigenvalue weighted by Gasteiger charge is -2.29. The second-order valence-electron chi connectivity index (χ2n) is 3.78. The molecule has 1 rings (SSSR count). The van der Waals surface area contributed by atoms with Crippen molar-refractivity contribution in [2.75, 3.05) is 18.6 Å². The van der Waals surface area contributed by atoms with Crippen molar-refractivity contribution in [3.63, 3.8) is 0 Å². The maximum absolute atomic E-state index is 12.0. The number of aliphatic hydroxyl groups is 1. The van der Waals surface area contributed by atoms with E-state index in [9.17, 15) is 9.90 Å². The predicted octanol–water partition coefficient (Wildman–Crippen LogP) is 2.21. The number of hydrogen-bond donors (Lipinski definition) is 1. The van der Waals surface area contributed by atoms with Crippen molar-refractivity contribution in [3.8, 4) is 0 Å². The van der Waals surface area contributed by atoms with E-state index in [2.05, 4.69) is 0 Å². The zero-order valence-electron chi connectivity index (χ0n) is 10.3. The lowest BCUT2D eigenvalue weighted by Crippen LogP contribution is -2.42. The molecule has 17 heavy (non-hydrogen) atoms. The normalized spacial score (nSPS) is 12.4. The Morgan fingerprint density at radius 2 is 2.41 bits per heavy atom. The standard InChI is InChI=1S/C12H19NO2S2/c1-3-10(8-14)13(12(15)9-16-2)7-11-5-4-6-17-11/h4-6,10,14H,3,7-9H2,1-2H3/t10-/m1/s1. The average Bonchev–Trinajstić information content (AvgIpc) is 2.82. The monoisotopic (exact) mass is 273 g/mol. The first-order chi connectivity index (χ1) is 8.22. The second kappa shape index (κ2) is 7.74. The Labute approximate surface area is 111 Å². The number of carbonyl (C=O) groups excluding carboxylic acids is 1. The highest BCUT2D eigenvalue weighted by Gasteiger charge is 2.21. The number of aliphatic hydroxyl groups excluding tert-OH is 1. The highest BCUT2D eigenvalue weighted by atomic mass is 32.2. The third kappa shape index (κ3) is 4.33. The number of nitrogens with zero attached hydrogens (tertiary/aromatic N) is 1. The summed E-state index contributed by atoms with van der Waals surface area (Å²) in [6.07, 6.45) is 2.70. The van der Waals surface area contributed by atoms with Gasteiger partial charge in [-0.15, -0.1) is 11.3 Å². The van der Waals surface area contributed by atoms with Crippen molar-refractivity contribution in [2.24, 2.45) is 0 Å². The summed E-state index contributed by atoms with van der Waals surface area (Å²) in [5.74, 6) is 0.578. The fourth-order valence-electron chi connectivity index (χ4n) is 1.65. The first kappa shape index (κ1) is 14.5. The Morgan fingerprint density at radius 1 is 1.65 bits per heavy atom. The van der Waals surface area contributed by atoms with Crippen LogP contribution in [0.1, 0.15) is 18.2 Å². The molecule has 5 heteroatoms. The molecule has 96 valence electrons. The van der Waals surface area contributed by atoms with E-state index in [0.29, 0.717) is 12.3 Å². The first-order valence-electron chi connectivity index (χ1n) is 5.64. The Hall–Kier alpha value is -0.520. The van der Waals surface area contributed by atoms with E-state index in [1.54, 1.807) is 16.2 Å². The molecule has 1 amide bonds. The van der Waals surface area contributed by atoms with Gasteiger partial charge in [0.2, 0.25) is 5.91 Å². The van der Waals surface area contributed by atoms with Gasteiger partial charge in [0, 0.05) is 4.88 Å². The molecule has 0 fully saturated rings. The quantitative estimate of drug-likeness (QED) is 0.828. The van der Waals surface area contributed by atoms with Gasteiger partial charge in [0.05, 0.1) is 24.9 Å². The van der Waals surface area contributed by atoms with Crippen LogP contribution in [-0.2, 0) is 11.3 Å². The van der Waals surface area contributed by atoms with Gasteiger partial charge in [0.25, 0.3) is 0 Å². The molecule has 0 aromatic carbocycles. The van der Waals surface area contributed by atoms with Crippen LogP contribution in [0.25, 0.3) is 0 Å². The van der Waals surface area contributed by atoms with Gasteiger partial charge in [-0.25, -0.2) is 0 Å². The molecule has 1 N–H and O–H groups in total. The Morgan fingerprint density at radius 3 is 2.88 bits per heavy atom.